The number of rotatable bonds is 10. The van der Waals surface area contributed by atoms with Gasteiger partial charge in [0.1, 0.15) is 0 Å². The number of aryl methyl sites for hydroxylation is 1. The standard InChI is InChI=1S/C22H33NO/c1-3-4-5-6-7-8-10-18-13-14-21-19(15-18)11-9-12-20(21)16-22(2,23)17-24/h9,11-15,24H,3-8,10,16-17,23H2,1-2H3/t22-/m1/s1. The molecule has 132 valence electrons. The number of hydrogen-bond donors (Lipinski definition) is 2. The number of benzene rings is 2. The van der Waals surface area contributed by atoms with Crippen LogP contribution in [-0.2, 0) is 12.8 Å². The maximum Gasteiger partial charge on any atom is 0.0611 e. The zero-order chi connectivity index (χ0) is 17.4. The Morgan fingerprint density at radius 2 is 1.75 bits per heavy atom. The first-order chi connectivity index (χ1) is 11.6. The van der Waals surface area contributed by atoms with Crippen LogP contribution in [0.2, 0.25) is 0 Å². The summed E-state index contributed by atoms with van der Waals surface area (Å²) in [6.45, 7) is 4.16. The number of aliphatic hydroxyl groups excluding tert-OH is 1. The smallest absolute Gasteiger partial charge is 0.0611 e. The second-order valence-corrected chi connectivity index (χ2v) is 7.48. The number of nitrogens with two attached hydrogens (primary N) is 1. The van der Waals surface area contributed by atoms with Gasteiger partial charge in [-0.25, -0.2) is 0 Å². The molecule has 0 fully saturated rings. The van der Waals surface area contributed by atoms with Crippen molar-refractivity contribution < 1.29 is 5.11 Å². The maximum absolute atomic E-state index is 9.42. The summed E-state index contributed by atoms with van der Waals surface area (Å²) in [5.41, 5.74) is 8.21. The lowest BCUT2D eigenvalue weighted by molar-refractivity contribution is 0.208. The molecule has 0 aliphatic rings. The fraction of sp³-hybridized carbons (Fsp3) is 0.545. The molecule has 2 heteroatoms. The molecule has 0 bridgehead atoms. The van der Waals surface area contributed by atoms with Gasteiger partial charge in [0.2, 0.25) is 0 Å². The van der Waals surface area contributed by atoms with E-state index in [1.807, 2.05) is 6.92 Å². The van der Waals surface area contributed by atoms with Crippen LogP contribution >= 0.6 is 0 Å². The Balaban J connectivity index is 2.01. The van der Waals surface area contributed by atoms with E-state index >= 15 is 0 Å². The Hall–Kier alpha value is -1.38. The molecule has 24 heavy (non-hydrogen) atoms. The summed E-state index contributed by atoms with van der Waals surface area (Å²) in [6, 6.07) is 13.2. The van der Waals surface area contributed by atoms with E-state index in [2.05, 4.69) is 43.3 Å². The summed E-state index contributed by atoms with van der Waals surface area (Å²) in [6.07, 6.45) is 9.88. The molecule has 2 rings (SSSR count). The minimum atomic E-state index is -0.564. The molecule has 0 saturated heterocycles. The lowest BCUT2D eigenvalue weighted by Gasteiger charge is -2.22. The molecule has 1 atom stereocenters. The van der Waals surface area contributed by atoms with Gasteiger partial charge in [0.25, 0.3) is 0 Å². The normalized spacial score (nSPS) is 14.0. The van der Waals surface area contributed by atoms with E-state index in [0.29, 0.717) is 6.42 Å². The SMILES string of the molecule is CCCCCCCCc1ccc2c(C[C@@](C)(N)CO)cccc2c1. The lowest BCUT2D eigenvalue weighted by Crippen LogP contribution is -2.42. The molecular weight excluding hydrogens is 294 g/mol. The fourth-order valence-electron chi connectivity index (χ4n) is 3.31. The third-order valence-corrected chi connectivity index (χ3v) is 4.81. The van der Waals surface area contributed by atoms with E-state index in [-0.39, 0.29) is 6.61 Å². The molecule has 0 aliphatic heterocycles. The Bertz CT molecular complexity index is 633. The second kappa shape index (κ2) is 9.19. The topological polar surface area (TPSA) is 46.2 Å². The minimum absolute atomic E-state index is 0.000494. The Morgan fingerprint density at radius 1 is 1.00 bits per heavy atom. The van der Waals surface area contributed by atoms with Crippen LogP contribution in [0.25, 0.3) is 10.8 Å². The van der Waals surface area contributed by atoms with Crippen LogP contribution in [0.1, 0.15) is 63.5 Å². The van der Waals surface area contributed by atoms with Crippen molar-refractivity contribution in [3.63, 3.8) is 0 Å². The molecule has 0 spiro atoms. The highest BCUT2D eigenvalue weighted by Crippen LogP contribution is 2.24. The molecule has 0 unspecified atom stereocenters. The van der Waals surface area contributed by atoms with Crippen LogP contribution in [0.15, 0.2) is 36.4 Å². The van der Waals surface area contributed by atoms with Crippen molar-refractivity contribution >= 4 is 10.8 Å². The van der Waals surface area contributed by atoms with E-state index in [1.165, 1.54) is 60.4 Å². The van der Waals surface area contributed by atoms with Gasteiger partial charge >= 0.3 is 0 Å². The van der Waals surface area contributed by atoms with E-state index in [9.17, 15) is 5.11 Å². The molecule has 0 aromatic heterocycles. The molecule has 0 amide bonds. The van der Waals surface area contributed by atoms with Crippen LogP contribution in [0, 0.1) is 0 Å². The average molecular weight is 328 g/mol. The van der Waals surface area contributed by atoms with Crippen molar-refractivity contribution in [1.82, 2.24) is 0 Å². The fourth-order valence-corrected chi connectivity index (χ4v) is 3.31. The first-order valence-electron chi connectivity index (χ1n) is 9.46. The largest absolute Gasteiger partial charge is 0.394 e. The first-order valence-corrected chi connectivity index (χ1v) is 9.46. The van der Waals surface area contributed by atoms with Crippen molar-refractivity contribution in [2.75, 3.05) is 6.61 Å². The van der Waals surface area contributed by atoms with Gasteiger partial charge in [0.15, 0.2) is 0 Å². The van der Waals surface area contributed by atoms with Crippen LogP contribution in [0.4, 0.5) is 0 Å². The number of hydrogen-bond acceptors (Lipinski definition) is 2. The van der Waals surface area contributed by atoms with Crippen LogP contribution < -0.4 is 5.73 Å². The predicted molar refractivity (Wildman–Crippen MR) is 104 cm³/mol. The third kappa shape index (κ3) is 5.61. The molecule has 0 heterocycles. The van der Waals surface area contributed by atoms with Gasteiger partial charge in [-0.05, 0) is 48.1 Å². The summed E-state index contributed by atoms with van der Waals surface area (Å²) in [5.74, 6) is 0. The maximum atomic E-state index is 9.42. The van der Waals surface area contributed by atoms with Crippen molar-refractivity contribution in [2.45, 2.75) is 70.8 Å². The van der Waals surface area contributed by atoms with E-state index in [0.717, 1.165) is 6.42 Å². The van der Waals surface area contributed by atoms with Gasteiger partial charge in [0.05, 0.1) is 6.61 Å². The van der Waals surface area contributed by atoms with Crippen LogP contribution in [0.5, 0.6) is 0 Å². The monoisotopic (exact) mass is 327 g/mol. The van der Waals surface area contributed by atoms with Gasteiger partial charge in [-0.2, -0.15) is 0 Å². The van der Waals surface area contributed by atoms with Crippen LogP contribution in [-0.4, -0.2) is 17.3 Å². The zero-order valence-corrected chi connectivity index (χ0v) is 15.4. The van der Waals surface area contributed by atoms with Gasteiger partial charge in [0, 0.05) is 5.54 Å². The minimum Gasteiger partial charge on any atom is -0.394 e. The number of unbranched alkanes of at least 4 members (excludes halogenated alkanes) is 5. The molecule has 3 N–H and O–H groups in total. The van der Waals surface area contributed by atoms with E-state index in [1.54, 1.807) is 0 Å². The summed E-state index contributed by atoms with van der Waals surface area (Å²) in [7, 11) is 0. The quantitative estimate of drug-likeness (QED) is 0.604. The highest BCUT2D eigenvalue weighted by atomic mass is 16.3. The third-order valence-electron chi connectivity index (χ3n) is 4.81. The van der Waals surface area contributed by atoms with Crippen molar-refractivity contribution in [3.05, 3.63) is 47.5 Å². The predicted octanol–water partition coefficient (Wildman–Crippen LogP) is 5.00. The summed E-state index contributed by atoms with van der Waals surface area (Å²) in [4.78, 5) is 0. The van der Waals surface area contributed by atoms with Crippen molar-refractivity contribution in [3.8, 4) is 0 Å². The first kappa shape index (κ1) is 19.0. The van der Waals surface area contributed by atoms with Crippen molar-refractivity contribution in [2.24, 2.45) is 5.73 Å². The summed E-state index contributed by atoms with van der Waals surface area (Å²) >= 11 is 0. The van der Waals surface area contributed by atoms with E-state index < -0.39 is 5.54 Å². The van der Waals surface area contributed by atoms with Gasteiger partial charge in [-0.3, -0.25) is 0 Å². The highest BCUT2D eigenvalue weighted by molar-refractivity contribution is 5.86. The molecule has 0 aliphatic carbocycles. The number of fused-ring (bicyclic) bond motifs is 1. The Morgan fingerprint density at radius 3 is 2.50 bits per heavy atom. The van der Waals surface area contributed by atoms with Gasteiger partial charge < -0.3 is 10.8 Å². The van der Waals surface area contributed by atoms with Crippen molar-refractivity contribution in [1.29, 1.82) is 0 Å². The van der Waals surface area contributed by atoms with Gasteiger partial charge in [-0.1, -0.05) is 75.4 Å². The molecule has 2 aromatic rings. The molecule has 2 aromatic carbocycles. The van der Waals surface area contributed by atoms with E-state index in [4.69, 9.17) is 5.73 Å². The number of aliphatic hydroxyl groups is 1. The summed E-state index contributed by atoms with van der Waals surface area (Å²) in [5, 5.41) is 12.0. The zero-order valence-electron chi connectivity index (χ0n) is 15.4. The van der Waals surface area contributed by atoms with Gasteiger partial charge in [-0.15, -0.1) is 0 Å². The highest BCUT2D eigenvalue weighted by Gasteiger charge is 2.18. The molecule has 2 nitrogen and oxygen atoms in total. The average Bonchev–Trinajstić information content (AvgIpc) is 2.58. The summed E-state index contributed by atoms with van der Waals surface area (Å²) < 4.78 is 0. The Kier molecular flexibility index (Phi) is 7.26. The molecule has 0 saturated carbocycles. The van der Waals surface area contributed by atoms with Crippen LogP contribution in [0.3, 0.4) is 0 Å². The molecule has 0 radical (unpaired) electrons. The second-order valence-electron chi connectivity index (χ2n) is 7.48. The Labute approximate surface area is 147 Å². The molecular formula is C22H33NO. The lowest BCUT2D eigenvalue weighted by atomic mass is 9.90.